The average Bonchev–Trinajstić information content (AvgIpc) is 3.42. The van der Waals surface area contributed by atoms with Crippen molar-refractivity contribution in [3.63, 3.8) is 0 Å². The molecule has 4 aromatic carbocycles. The summed E-state index contributed by atoms with van der Waals surface area (Å²) < 4.78 is 7.84. The van der Waals surface area contributed by atoms with Gasteiger partial charge in [0.15, 0.2) is 0 Å². The first-order valence-electron chi connectivity index (χ1n) is 16.3. The van der Waals surface area contributed by atoms with Crippen LogP contribution >= 0.6 is 0 Å². The molecular weight excluding hydrogens is 616 g/mol. The zero-order valence-corrected chi connectivity index (χ0v) is 28.1. The number of benzene rings is 4. The zero-order chi connectivity index (χ0) is 34.7. The number of fused-ring (bicyclic) bond motifs is 1. The molecule has 0 spiro atoms. The fraction of sp³-hybridized carbons (Fsp3) is 0.225. The fourth-order valence-electron chi connectivity index (χ4n) is 6.36. The lowest BCUT2D eigenvalue weighted by atomic mass is 9.93. The molecule has 0 fully saturated rings. The largest absolute Gasteiger partial charge is 0.489 e. The molecule has 6 rings (SSSR count). The van der Waals surface area contributed by atoms with Gasteiger partial charge in [0.25, 0.3) is 11.8 Å². The van der Waals surface area contributed by atoms with Crippen molar-refractivity contribution in [2.24, 2.45) is 7.05 Å². The van der Waals surface area contributed by atoms with Gasteiger partial charge in [-0.05, 0) is 85.0 Å². The summed E-state index contributed by atoms with van der Waals surface area (Å²) in [4.78, 5) is 43.0. The number of nitrogens with one attached hydrogen (secondary N) is 1. The van der Waals surface area contributed by atoms with E-state index in [9.17, 15) is 19.5 Å². The molecule has 3 amide bonds. The molecule has 1 aliphatic rings. The van der Waals surface area contributed by atoms with Crippen LogP contribution in [0.15, 0.2) is 103 Å². The Hall–Kier alpha value is -5.83. The summed E-state index contributed by atoms with van der Waals surface area (Å²) in [5.74, 6) is 0.385. The predicted octanol–water partition coefficient (Wildman–Crippen LogP) is 7.21. The third-order valence-electron chi connectivity index (χ3n) is 9.34. The lowest BCUT2D eigenvalue weighted by Gasteiger charge is -2.35. The van der Waals surface area contributed by atoms with Crippen molar-refractivity contribution < 1.29 is 24.2 Å². The molecule has 9 nitrogen and oxygen atoms in total. The summed E-state index contributed by atoms with van der Waals surface area (Å²) in [7, 11) is 3.60. The fourth-order valence-corrected chi connectivity index (χ4v) is 6.36. The monoisotopic (exact) mass is 656 g/mol. The topological polar surface area (TPSA) is 104 Å². The van der Waals surface area contributed by atoms with Crippen LogP contribution in [0.2, 0.25) is 0 Å². The van der Waals surface area contributed by atoms with Crippen molar-refractivity contribution >= 4 is 23.6 Å². The molecule has 0 unspecified atom stereocenters. The van der Waals surface area contributed by atoms with Gasteiger partial charge < -0.3 is 29.5 Å². The van der Waals surface area contributed by atoms with Gasteiger partial charge in [0.2, 0.25) is 0 Å². The van der Waals surface area contributed by atoms with Gasteiger partial charge >= 0.3 is 6.09 Å². The molecule has 1 aromatic heterocycles. The minimum absolute atomic E-state index is 0.0142. The number of carbonyl (C=O) groups excluding carboxylic acids is 2. The van der Waals surface area contributed by atoms with E-state index < -0.39 is 6.09 Å². The van der Waals surface area contributed by atoms with Gasteiger partial charge in [-0.25, -0.2) is 4.79 Å². The second-order valence-corrected chi connectivity index (χ2v) is 12.5. The van der Waals surface area contributed by atoms with Crippen LogP contribution in [-0.4, -0.2) is 45.6 Å². The summed E-state index contributed by atoms with van der Waals surface area (Å²) in [6, 6.07) is 32.7. The van der Waals surface area contributed by atoms with E-state index in [-0.39, 0.29) is 24.4 Å². The van der Waals surface area contributed by atoms with Crippen LogP contribution < -0.4 is 15.0 Å². The van der Waals surface area contributed by atoms with Gasteiger partial charge in [-0.3, -0.25) is 9.59 Å². The minimum atomic E-state index is -1.14. The van der Waals surface area contributed by atoms with E-state index in [0.717, 1.165) is 23.2 Å². The van der Waals surface area contributed by atoms with E-state index >= 15 is 0 Å². The summed E-state index contributed by atoms with van der Waals surface area (Å²) in [6.45, 7) is 4.96. The molecular formula is C40H40N4O5. The number of carbonyl (C=O) groups is 3. The Kier molecular flexibility index (Phi) is 9.53. The third kappa shape index (κ3) is 7.06. The SMILES string of the molecule is Cc1c(C(=O)N(C)c2ccc(OCc3ccccc3)cc2)cc(-c2cc(CNC(=O)O)ccc2C(=O)N2Cc3ccccc3C[C@H]2C)n1C. The number of rotatable bonds is 9. The molecule has 2 heterocycles. The number of amides is 3. The molecule has 0 aliphatic carbocycles. The highest BCUT2D eigenvalue weighted by Gasteiger charge is 2.30. The summed E-state index contributed by atoms with van der Waals surface area (Å²) >= 11 is 0. The lowest BCUT2D eigenvalue weighted by molar-refractivity contribution is 0.0658. The van der Waals surface area contributed by atoms with E-state index in [1.165, 1.54) is 5.56 Å². The van der Waals surface area contributed by atoms with Crippen LogP contribution in [0.1, 0.15) is 55.6 Å². The second kappa shape index (κ2) is 14.1. The van der Waals surface area contributed by atoms with Crippen molar-refractivity contribution in [2.75, 3.05) is 11.9 Å². The first kappa shape index (κ1) is 33.1. The Bertz CT molecular complexity index is 2000. The molecule has 9 heteroatoms. The Morgan fingerprint density at radius 1 is 0.878 bits per heavy atom. The first-order valence-corrected chi connectivity index (χ1v) is 16.3. The third-order valence-corrected chi connectivity index (χ3v) is 9.34. The van der Waals surface area contributed by atoms with Crippen molar-refractivity contribution in [1.29, 1.82) is 0 Å². The highest BCUT2D eigenvalue weighted by molar-refractivity contribution is 6.08. The van der Waals surface area contributed by atoms with E-state index in [1.54, 1.807) is 24.1 Å². The Morgan fingerprint density at radius 3 is 2.29 bits per heavy atom. The molecule has 250 valence electrons. The predicted molar refractivity (Wildman–Crippen MR) is 190 cm³/mol. The van der Waals surface area contributed by atoms with Crippen LogP contribution in [-0.2, 0) is 33.2 Å². The minimum Gasteiger partial charge on any atom is -0.489 e. The molecule has 1 aliphatic heterocycles. The number of nitrogens with zero attached hydrogens (tertiary/aromatic N) is 3. The van der Waals surface area contributed by atoms with Crippen LogP contribution in [0.3, 0.4) is 0 Å². The highest BCUT2D eigenvalue weighted by atomic mass is 16.5. The second-order valence-electron chi connectivity index (χ2n) is 12.5. The number of aromatic nitrogens is 1. The molecule has 2 N–H and O–H groups in total. The van der Waals surface area contributed by atoms with Crippen LogP contribution in [0.25, 0.3) is 11.3 Å². The molecule has 0 saturated heterocycles. The maximum absolute atomic E-state index is 14.3. The molecule has 0 saturated carbocycles. The van der Waals surface area contributed by atoms with Gasteiger partial charge in [0, 0.05) is 61.4 Å². The summed E-state index contributed by atoms with van der Waals surface area (Å²) in [5.41, 5.74) is 7.89. The summed E-state index contributed by atoms with van der Waals surface area (Å²) in [5, 5.41) is 11.7. The highest BCUT2D eigenvalue weighted by Crippen LogP contribution is 2.33. The average molecular weight is 657 g/mol. The number of hydrogen-bond donors (Lipinski definition) is 2. The molecule has 5 aromatic rings. The van der Waals surface area contributed by atoms with Crippen molar-refractivity contribution in [3.8, 4) is 17.0 Å². The van der Waals surface area contributed by atoms with Gasteiger partial charge in [-0.15, -0.1) is 0 Å². The number of anilines is 1. The number of hydrogen-bond acceptors (Lipinski definition) is 4. The zero-order valence-electron chi connectivity index (χ0n) is 28.1. The molecule has 0 bridgehead atoms. The van der Waals surface area contributed by atoms with Crippen molar-refractivity contribution in [2.45, 2.75) is 46.0 Å². The quantitative estimate of drug-likeness (QED) is 0.175. The molecule has 0 radical (unpaired) electrons. The van der Waals surface area contributed by atoms with E-state index in [4.69, 9.17) is 4.74 Å². The van der Waals surface area contributed by atoms with E-state index in [1.807, 2.05) is 102 Å². The standard InChI is InChI=1S/C40H40N4O5/c1-26-20-30-12-8-9-13-31(30)24-44(26)39(46)34-19-14-29(23-41-40(47)48)21-36(34)37-22-35(27(2)42(37)3)38(45)43(4)32-15-17-33(18-16-32)49-25-28-10-6-5-7-11-28/h5-19,21-22,26,41H,20,23-25H2,1-4H3,(H,47,48)/t26-/m1/s1. The van der Waals surface area contributed by atoms with Crippen LogP contribution in [0.5, 0.6) is 5.75 Å². The van der Waals surface area contributed by atoms with Crippen LogP contribution in [0, 0.1) is 6.92 Å². The summed E-state index contributed by atoms with van der Waals surface area (Å²) in [6.07, 6.45) is -0.379. The van der Waals surface area contributed by atoms with Gasteiger partial charge in [-0.1, -0.05) is 60.7 Å². The first-order chi connectivity index (χ1) is 23.6. The molecule has 49 heavy (non-hydrogen) atoms. The van der Waals surface area contributed by atoms with Gasteiger partial charge in [-0.2, -0.15) is 0 Å². The maximum atomic E-state index is 14.3. The normalized spacial score (nSPS) is 13.8. The van der Waals surface area contributed by atoms with Gasteiger partial charge in [0.05, 0.1) is 5.56 Å². The Balaban J connectivity index is 1.29. The van der Waals surface area contributed by atoms with Crippen molar-refractivity contribution in [3.05, 3.63) is 142 Å². The van der Waals surface area contributed by atoms with Crippen LogP contribution in [0.4, 0.5) is 10.5 Å². The number of ether oxygens (including phenoxy) is 1. The van der Waals surface area contributed by atoms with Crippen molar-refractivity contribution in [1.82, 2.24) is 14.8 Å². The maximum Gasteiger partial charge on any atom is 0.404 e. The number of carboxylic acid groups (broad SMARTS) is 1. The van der Waals surface area contributed by atoms with E-state index in [2.05, 4.69) is 24.4 Å². The Labute approximate surface area is 286 Å². The van der Waals surface area contributed by atoms with E-state index in [0.29, 0.717) is 52.5 Å². The molecule has 1 atom stereocenters. The lowest BCUT2D eigenvalue weighted by Crippen LogP contribution is -2.42. The Morgan fingerprint density at radius 2 is 1.57 bits per heavy atom. The van der Waals surface area contributed by atoms with Gasteiger partial charge in [0.1, 0.15) is 12.4 Å². The smallest absolute Gasteiger partial charge is 0.404 e.